The van der Waals surface area contributed by atoms with Crippen molar-refractivity contribution in [2.24, 2.45) is 0 Å². The van der Waals surface area contributed by atoms with Crippen LogP contribution < -0.4 is 4.74 Å². The summed E-state index contributed by atoms with van der Waals surface area (Å²) in [5, 5.41) is 8.81. The first kappa shape index (κ1) is 15.8. The minimum Gasteiger partial charge on any atom is -0.491 e. The molecule has 0 aliphatic heterocycles. The van der Waals surface area contributed by atoms with Gasteiger partial charge in [-0.3, -0.25) is 0 Å². The molecular weight excluding hydrogens is 373 g/mol. The Balaban J connectivity index is 2.06. The van der Waals surface area contributed by atoms with Crippen molar-refractivity contribution < 1.29 is 4.74 Å². The number of benzene rings is 2. The van der Waals surface area contributed by atoms with Crippen molar-refractivity contribution in [2.45, 2.75) is 30.3 Å². The summed E-state index contributed by atoms with van der Waals surface area (Å²) < 4.78 is 6.51. The van der Waals surface area contributed by atoms with Crippen molar-refractivity contribution in [3.8, 4) is 22.9 Å². The molecule has 21 heavy (non-hydrogen) atoms. The van der Waals surface area contributed by atoms with Gasteiger partial charge in [0.15, 0.2) is 0 Å². The second kappa shape index (κ2) is 7.46. The standard InChI is InChI=1S/C18H18INO/c1-13(19)11-14(2)21-18-9-7-17(8-10-18)16-5-3-15(12-20)4-6-16/h3-10,13-14H,11H2,1-2H3. The number of nitrogens with zero attached hydrogens (tertiary/aromatic N) is 1. The minimum atomic E-state index is 0.220. The van der Waals surface area contributed by atoms with E-state index in [1.165, 1.54) is 0 Å². The maximum atomic E-state index is 8.81. The van der Waals surface area contributed by atoms with Crippen LogP contribution >= 0.6 is 22.6 Å². The largest absolute Gasteiger partial charge is 0.491 e. The van der Waals surface area contributed by atoms with Gasteiger partial charge in [-0.25, -0.2) is 0 Å². The molecule has 0 aliphatic carbocycles. The molecule has 2 nitrogen and oxygen atoms in total. The number of alkyl halides is 1. The molecule has 2 aromatic rings. The average molecular weight is 391 g/mol. The fourth-order valence-electron chi connectivity index (χ4n) is 2.20. The Morgan fingerprint density at radius 2 is 1.52 bits per heavy atom. The molecule has 2 aromatic carbocycles. The first-order chi connectivity index (χ1) is 10.1. The van der Waals surface area contributed by atoms with Crippen LogP contribution in [0, 0.1) is 11.3 Å². The van der Waals surface area contributed by atoms with Gasteiger partial charge in [-0.05, 0) is 48.7 Å². The van der Waals surface area contributed by atoms with Crippen molar-refractivity contribution in [2.75, 3.05) is 0 Å². The van der Waals surface area contributed by atoms with Gasteiger partial charge in [0.05, 0.1) is 17.7 Å². The van der Waals surface area contributed by atoms with Gasteiger partial charge in [0.25, 0.3) is 0 Å². The number of rotatable bonds is 5. The average Bonchev–Trinajstić information content (AvgIpc) is 2.47. The second-order valence-corrected chi connectivity index (χ2v) is 7.28. The van der Waals surface area contributed by atoms with E-state index in [2.05, 4.69) is 54.6 Å². The van der Waals surface area contributed by atoms with E-state index in [0.29, 0.717) is 9.49 Å². The Morgan fingerprint density at radius 3 is 2.00 bits per heavy atom. The lowest BCUT2D eigenvalue weighted by Crippen LogP contribution is -2.15. The molecule has 0 saturated heterocycles. The quantitative estimate of drug-likeness (QED) is 0.518. The summed E-state index contributed by atoms with van der Waals surface area (Å²) in [5.74, 6) is 0.900. The molecule has 0 bridgehead atoms. The topological polar surface area (TPSA) is 33.0 Å². The lowest BCUT2D eigenvalue weighted by atomic mass is 10.0. The number of halogens is 1. The summed E-state index contributed by atoms with van der Waals surface area (Å²) in [6.07, 6.45) is 1.26. The molecule has 108 valence electrons. The van der Waals surface area contributed by atoms with Crippen LogP contribution in [0.25, 0.3) is 11.1 Å². The summed E-state index contributed by atoms with van der Waals surface area (Å²) in [7, 11) is 0. The SMILES string of the molecule is CC(I)CC(C)Oc1ccc(-c2ccc(C#N)cc2)cc1. The Kier molecular flexibility index (Phi) is 5.63. The molecule has 2 rings (SSSR count). The number of hydrogen-bond donors (Lipinski definition) is 0. The molecular formula is C18H18INO. The number of nitriles is 1. The summed E-state index contributed by atoms with van der Waals surface area (Å²) >= 11 is 2.42. The van der Waals surface area contributed by atoms with Gasteiger partial charge < -0.3 is 4.74 Å². The summed E-state index contributed by atoms with van der Waals surface area (Å²) in [6, 6.07) is 17.8. The van der Waals surface area contributed by atoms with Crippen LogP contribution in [0.3, 0.4) is 0 Å². The van der Waals surface area contributed by atoms with Crippen molar-refractivity contribution in [1.29, 1.82) is 5.26 Å². The number of ether oxygens (including phenoxy) is 1. The van der Waals surface area contributed by atoms with E-state index in [4.69, 9.17) is 10.00 Å². The van der Waals surface area contributed by atoms with Crippen LogP contribution in [0.4, 0.5) is 0 Å². The van der Waals surface area contributed by atoms with Gasteiger partial charge >= 0.3 is 0 Å². The molecule has 2 atom stereocenters. The van der Waals surface area contributed by atoms with Crippen LogP contribution in [-0.4, -0.2) is 10.0 Å². The zero-order valence-corrected chi connectivity index (χ0v) is 14.4. The third kappa shape index (κ3) is 4.75. The van der Waals surface area contributed by atoms with Crippen molar-refractivity contribution in [1.82, 2.24) is 0 Å². The maximum Gasteiger partial charge on any atom is 0.119 e. The Hall–Kier alpha value is -1.54. The van der Waals surface area contributed by atoms with Crippen LogP contribution in [0.1, 0.15) is 25.8 Å². The van der Waals surface area contributed by atoms with E-state index >= 15 is 0 Å². The molecule has 0 aromatic heterocycles. The van der Waals surface area contributed by atoms with Crippen LogP contribution in [0.5, 0.6) is 5.75 Å². The van der Waals surface area contributed by atoms with Crippen molar-refractivity contribution in [3.05, 3.63) is 54.1 Å². The van der Waals surface area contributed by atoms with Crippen LogP contribution in [-0.2, 0) is 0 Å². The second-order valence-electron chi connectivity index (χ2n) is 5.16. The fourth-order valence-corrected chi connectivity index (χ4v) is 2.92. The predicted molar refractivity (Wildman–Crippen MR) is 94.8 cm³/mol. The van der Waals surface area contributed by atoms with E-state index in [1.807, 2.05) is 36.4 Å². The fraction of sp³-hybridized carbons (Fsp3) is 0.278. The zero-order chi connectivity index (χ0) is 15.2. The summed E-state index contributed by atoms with van der Waals surface area (Å²) in [5.41, 5.74) is 2.91. The van der Waals surface area contributed by atoms with Crippen LogP contribution in [0.15, 0.2) is 48.5 Å². The molecule has 0 saturated carbocycles. The predicted octanol–water partition coefficient (Wildman–Crippen LogP) is 5.21. The van der Waals surface area contributed by atoms with Gasteiger partial charge in [0.1, 0.15) is 5.75 Å². The summed E-state index contributed by atoms with van der Waals surface area (Å²) in [4.78, 5) is 0. The molecule has 0 aliphatic rings. The van der Waals surface area contributed by atoms with Gasteiger partial charge in [-0.1, -0.05) is 53.8 Å². The normalized spacial score (nSPS) is 13.2. The molecule has 2 unspecified atom stereocenters. The third-order valence-corrected chi connectivity index (χ3v) is 3.70. The summed E-state index contributed by atoms with van der Waals surface area (Å²) in [6.45, 7) is 4.29. The van der Waals surface area contributed by atoms with E-state index < -0.39 is 0 Å². The minimum absolute atomic E-state index is 0.220. The smallest absolute Gasteiger partial charge is 0.119 e. The number of hydrogen-bond acceptors (Lipinski definition) is 2. The molecule has 0 amide bonds. The van der Waals surface area contributed by atoms with Crippen molar-refractivity contribution >= 4 is 22.6 Å². The Labute approximate surface area is 139 Å². The monoisotopic (exact) mass is 391 g/mol. The third-order valence-electron chi connectivity index (χ3n) is 3.20. The molecule has 0 fully saturated rings. The Bertz CT molecular complexity index is 611. The maximum absolute atomic E-state index is 8.81. The van der Waals surface area contributed by atoms with E-state index in [0.717, 1.165) is 23.3 Å². The van der Waals surface area contributed by atoms with E-state index in [-0.39, 0.29) is 6.10 Å². The lowest BCUT2D eigenvalue weighted by Gasteiger charge is -2.16. The highest BCUT2D eigenvalue weighted by Gasteiger charge is 2.07. The van der Waals surface area contributed by atoms with Crippen LogP contribution in [0.2, 0.25) is 0 Å². The van der Waals surface area contributed by atoms with E-state index in [1.54, 1.807) is 0 Å². The zero-order valence-electron chi connectivity index (χ0n) is 12.2. The van der Waals surface area contributed by atoms with Gasteiger partial charge in [0, 0.05) is 3.92 Å². The highest BCUT2D eigenvalue weighted by molar-refractivity contribution is 14.1. The molecule has 0 heterocycles. The lowest BCUT2D eigenvalue weighted by molar-refractivity contribution is 0.213. The highest BCUT2D eigenvalue weighted by atomic mass is 127. The van der Waals surface area contributed by atoms with Gasteiger partial charge in [-0.2, -0.15) is 5.26 Å². The van der Waals surface area contributed by atoms with Gasteiger partial charge in [0.2, 0.25) is 0 Å². The first-order valence-corrected chi connectivity index (χ1v) is 8.24. The van der Waals surface area contributed by atoms with E-state index in [9.17, 15) is 0 Å². The van der Waals surface area contributed by atoms with Crippen molar-refractivity contribution in [3.63, 3.8) is 0 Å². The highest BCUT2D eigenvalue weighted by Crippen LogP contribution is 2.24. The first-order valence-electron chi connectivity index (χ1n) is 7.00. The Morgan fingerprint density at radius 1 is 1.00 bits per heavy atom. The molecule has 0 radical (unpaired) electrons. The van der Waals surface area contributed by atoms with Gasteiger partial charge in [-0.15, -0.1) is 0 Å². The molecule has 0 N–H and O–H groups in total. The molecule has 0 spiro atoms. The molecule has 3 heteroatoms.